The Morgan fingerprint density at radius 3 is 2.29 bits per heavy atom. The molecule has 2 rings (SSSR count). The fourth-order valence-electron chi connectivity index (χ4n) is 1.87. The standard InChI is InChI=1S/C12H13N2O2S/c1-14(2)11-8-7-9-5-3-4-6-10(9)12(11)17(13,15)16/h3-8,13H,1-2H3. The lowest BCUT2D eigenvalue weighted by atomic mass is 10.1. The fraction of sp³-hybridized carbons (Fsp3) is 0.167. The van der Waals surface area contributed by atoms with Gasteiger partial charge in [-0.3, -0.25) is 0 Å². The van der Waals surface area contributed by atoms with E-state index in [1.165, 1.54) is 0 Å². The molecule has 2 aromatic rings. The maximum atomic E-state index is 11.6. The Labute approximate surface area is 101 Å². The van der Waals surface area contributed by atoms with E-state index < -0.39 is 10.0 Å². The predicted octanol–water partition coefficient (Wildman–Crippen LogP) is 1.88. The molecule has 0 aliphatic carbocycles. The lowest BCUT2D eigenvalue weighted by Gasteiger charge is -2.17. The van der Waals surface area contributed by atoms with Crippen LogP contribution in [0.25, 0.3) is 10.8 Å². The number of rotatable bonds is 2. The minimum Gasteiger partial charge on any atom is -0.377 e. The second-order valence-electron chi connectivity index (χ2n) is 4.03. The summed E-state index contributed by atoms with van der Waals surface area (Å²) in [7, 11) is -0.471. The number of fused-ring (bicyclic) bond motifs is 1. The smallest absolute Gasteiger partial charge is 0.256 e. The Balaban J connectivity index is 2.95. The minimum atomic E-state index is -4.00. The molecule has 5 heteroatoms. The van der Waals surface area contributed by atoms with E-state index in [0.717, 1.165) is 5.39 Å². The summed E-state index contributed by atoms with van der Waals surface area (Å²) in [6.45, 7) is 0. The van der Waals surface area contributed by atoms with Crippen molar-refractivity contribution in [3.8, 4) is 0 Å². The van der Waals surface area contributed by atoms with Gasteiger partial charge in [-0.05, 0) is 11.5 Å². The van der Waals surface area contributed by atoms with Crippen LogP contribution in [-0.4, -0.2) is 22.5 Å². The summed E-state index contributed by atoms with van der Waals surface area (Å²) in [4.78, 5) is 1.77. The van der Waals surface area contributed by atoms with Crippen molar-refractivity contribution in [2.24, 2.45) is 0 Å². The summed E-state index contributed by atoms with van der Waals surface area (Å²) >= 11 is 0. The summed E-state index contributed by atoms with van der Waals surface area (Å²) in [5, 5.41) is 8.75. The van der Waals surface area contributed by atoms with Crippen LogP contribution in [0.15, 0.2) is 41.3 Å². The molecule has 0 amide bonds. The molecule has 0 aliphatic heterocycles. The van der Waals surface area contributed by atoms with Crippen LogP contribution in [0, 0.1) is 0 Å². The maximum Gasteiger partial charge on any atom is 0.256 e. The van der Waals surface area contributed by atoms with E-state index in [2.05, 4.69) is 0 Å². The Hall–Kier alpha value is -1.59. The molecule has 2 aromatic carbocycles. The zero-order valence-electron chi connectivity index (χ0n) is 9.64. The summed E-state index contributed by atoms with van der Waals surface area (Å²) in [5.41, 5.74) is 0.540. The monoisotopic (exact) mass is 249 g/mol. The molecule has 89 valence electrons. The molecule has 0 bridgehead atoms. The van der Waals surface area contributed by atoms with Crippen molar-refractivity contribution in [1.82, 2.24) is 5.14 Å². The normalized spacial score (nSPS) is 11.7. The first-order valence-electron chi connectivity index (χ1n) is 5.10. The third kappa shape index (κ3) is 2.11. The van der Waals surface area contributed by atoms with Crippen molar-refractivity contribution in [2.75, 3.05) is 19.0 Å². The van der Waals surface area contributed by atoms with Gasteiger partial charge in [0.2, 0.25) is 0 Å². The van der Waals surface area contributed by atoms with Gasteiger partial charge in [0, 0.05) is 19.5 Å². The molecule has 1 N–H and O–H groups in total. The molecule has 4 nitrogen and oxygen atoms in total. The SMILES string of the molecule is CN(C)c1ccc2ccccc2c1S([NH])(=O)=O. The molecule has 0 atom stereocenters. The van der Waals surface area contributed by atoms with Gasteiger partial charge in [-0.1, -0.05) is 30.3 Å². The fourth-order valence-corrected chi connectivity index (χ4v) is 2.87. The highest BCUT2D eigenvalue weighted by molar-refractivity contribution is 7.89. The largest absolute Gasteiger partial charge is 0.377 e. The Morgan fingerprint density at radius 1 is 1.06 bits per heavy atom. The maximum absolute atomic E-state index is 11.6. The van der Waals surface area contributed by atoms with Gasteiger partial charge in [0.05, 0.1) is 5.69 Å². The van der Waals surface area contributed by atoms with Crippen molar-refractivity contribution in [1.29, 1.82) is 0 Å². The number of hydrogen-bond acceptors (Lipinski definition) is 3. The van der Waals surface area contributed by atoms with Crippen LogP contribution in [0.4, 0.5) is 5.69 Å². The van der Waals surface area contributed by atoms with E-state index in [0.29, 0.717) is 11.1 Å². The first-order chi connectivity index (χ1) is 7.91. The van der Waals surface area contributed by atoms with Crippen LogP contribution in [0.2, 0.25) is 0 Å². The van der Waals surface area contributed by atoms with Gasteiger partial charge in [0.25, 0.3) is 10.0 Å². The summed E-state index contributed by atoms with van der Waals surface area (Å²) in [6, 6.07) is 10.8. The number of sulfonamides is 1. The van der Waals surface area contributed by atoms with Crippen LogP contribution >= 0.6 is 0 Å². The molecule has 0 unspecified atom stereocenters. The zero-order valence-corrected chi connectivity index (χ0v) is 10.5. The van der Waals surface area contributed by atoms with E-state index in [1.54, 1.807) is 37.2 Å². The number of nitrogens with one attached hydrogen (secondary N) is 1. The second-order valence-corrected chi connectivity index (χ2v) is 5.45. The summed E-state index contributed by atoms with van der Waals surface area (Å²) < 4.78 is 23.2. The number of hydrogen-bond donors (Lipinski definition) is 0. The van der Waals surface area contributed by atoms with E-state index in [1.807, 2.05) is 18.2 Å². The average Bonchev–Trinajstić information content (AvgIpc) is 2.26. The Bertz CT molecular complexity index is 663. The molecule has 0 heterocycles. The van der Waals surface area contributed by atoms with Gasteiger partial charge >= 0.3 is 0 Å². The van der Waals surface area contributed by atoms with Crippen LogP contribution in [0.3, 0.4) is 0 Å². The molecule has 17 heavy (non-hydrogen) atoms. The van der Waals surface area contributed by atoms with Gasteiger partial charge in [-0.25, -0.2) is 8.42 Å². The van der Waals surface area contributed by atoms with Crippen LogP contribution in [0.5, 0.6) is 0 Å². The third-order valence-electron chi connectivity index (χ3n) is 2.61. The predicted molar refractivity (Wildman–Crippen MR) is 68.6 cm³/mol. The van der Waals surface area contributed by atoms with Crippen molar-refractivity contribution in [3.63, 3.8) is 0 Å². The minimum absolute atomic E-state index is 0.0700. The molecule has 0 aromatic heterocycles. The molecule has 0 fully saturated rings. The van der Waals surface area contributed by atoms with Gasteiger partial charge in [0.15, 0.2) is 0 Å². The highest BCUT2D eigenvalue weighted by Crippen LogP contribution is 2.31. The molecule has 0 spiro atoms. The number of anilines is 1. The van der Waals surface area contributed by atoms with Crippen LogP contribution < -0.4 is 10.0 Å². The van der Waals surface area contributed by atoms with E-state index in [9.17, 15) is 8.42 Å². The molecular weight excluding hydrogens is 236 g/mol. The highest BCUT2D eigenvalue weighted by Gasteiger charge is 2.19. The van der Waals surface area contributed by atoms with E-state index in [4.69, 9.17) is 5.14 Å². The van der Waals surface area contributed by atoms with Crippen LogP contribution in [0.1, 0.15) is 0 Å². The third-order valence-corrected chi connectivity index (χ3v) is 3.58. The Kier molecular flexibility index (Phi) is 2.81. The van der Waals surface area contributed by atoms with Gasteiger partial charge < -0.3 is 4.90 Å². The summed E-state index contributed by atoms with van der Waals surface area (Å²) in [5.74, 6) is 0. The molecule has 0 aliphatic rings. The van der Waals surface area contributed by atoms with Crippen molar-refractivity contribution < 1.29 is 8.42 Å². The molecule has 1 radical (unpaired) electrons. The number of benzene rings is 2. The van der Waals surface area contributed by atoms with E-state index in [-0.39, 0.29) is 4.90 Å². The van der Waals surface area contributed by atoms with Gasteiger partial charge in [-0.2, -0.15) is 0 Å². The van der Waals surface area contributed by atoms with Crippen molar-refractivity contribution in [2.45, 2.75) is 4.90 Å². The van der Waals surface area contributed by atoms with Crippen molar-refractivity contribution >= 4 is 26.5 Å². The van der Waals surface area contributed by atoms with Crippen LogP contribution in [-0.2, 0) is 10.0 Å². The molecular formula is C12H13N2O2S. The molecule has 0 saturated carbocycles. The van der Waals surface area contributed by atoms with E-state index >= 15 is 0 Å². The van der Waals surface area contributed by atoms with Crippen molar-refractivity contribution in [3.05, 3.63) is 36.4 Å². The average molecular weight is 249 g/mol. The Morgan fingerprint density at radius 2 is 1.71 bits per heavy atom. The topological polar surface area (TPSA) is 61.2 Å². The second kappa shape index (κ2) is 4.01. The first kappa shape index (κ1) is 11.9. The zero-order chi connectivity index (χ0) is 12.6. The lowest BCUT2D eigenvalue weighted by molar-refractivity contribution is 0.597. The first-order valence-corrected chi connectivity index (χ1v) is 6.58. The number of nitrogens with zero attached hydrogens (tertiary/aromatic N) is 1. The summed E-state index contributed by atoms with van der Waals surface area (Å²) in [6.07, 6.45) is 0. The van der Waals surface area contributed by atoms with Gasteiger partial charge in [0.1, 0.15) is 4.90 Å². The van der Waals surface area contributed by atoms with Gasteiger partial charge in [-0.15, -0.1) is 5.14 Å². The highest BCUT2D eigenvalue weighted by atomic mass is 32.2. The quantitative estimate of drug-likeness (QED) is 0.816. The lowest BCUT2D eigenvalue weighted by Crippen LogP contribution is -2.14. The molecule has 0 saturated heterocycles.